The Morgan fingerprint density at radius 1 is 0.929 bits per heavy atom. The van der Waals surface area contributed by atoms with Crippen LogP contribution in [0.2, 0.25) is 0 Å². The maximum absolute atomic E-state index is 13.0. The molecule has 6 nitrogen and oxygen atoms in total. The molecule has 7 heteroatoms. The average molecular weight is 398 g/mol. The summed E-state index contributed by atoms with van der Waals surface area (Å²) in [5, 5.41) is 8.90. The molecule has 2 aromatic rings. The van der Waals surface area contributed by atoms with Gasteiger partial charge >= 0.3 is 0 Å². The molecule has 1 unspecified atom stereocenters. The van der Waals surface area contributed by atoms with E-state index in [-0.39, 0.29) is 6.04 Å². The van der Waals surface area contributed by atoms with Gasteiger partial charge in [-0.2, -0.15) is 9.57 Å². The van der Waals surface area contributed by atoms with Crippen LogP contribution in [-0.4, -0.2) is 63.1 Å². The number of rotatable bonds is 4. The van der Waals surface area contributed by atoms with Crippen LogP contribution < -0.4 is 0 Å². The Bertz CT molecular complexity index is 959. The molecular weight excluding hydrogens is 374 g/mol. The Labute approximate surface area is 166 Å². The fourth-order valence-corrected chi connectivity index (χ4v) is 5.37. The third-order valence-electron chi connectivity index (χ3n) is 5.53. The van der Waals surface area contributed by atoms with Gasteiger partial charge in [0.15, 0.2) is 0 Å². The Balaban J connectivity index is 1.47. The molecule has 0 amide bonds. The molecule has 4 rings (SSSR count). The van der Waals surface area contributed by atoms with Crippen molar-refractivity contribution in [2.75, 3.05) is 39.4 Å². The first kappa shape index (κ1) is 19.1. The van der Waals surface area contributed by atoms with Crippen molar-refractivity contribution >= 4 is 10.0 Å². The first-order chi connectivity index (χ1) is 13.6. The van der Waals surface area contributed by atoms with Crippen LogP contribution >= 0.6 is 0 Å². The van der Waals surface area contributed by atoms with Crippen LogP contribution in [-0.2, 0) is 14.8 Å². The van der Waals surface area contributed by atoms with Gasteiger partial charge in [0.1, 0.15) is 0 Å². The smallest absolute Gasteiger partial charge is 0.243 e. The molecule has 0 radical (unpaired) electrons. The first-order valence-electron chi connectivity index (χ1n) is 9.50. The van der Waals surface area contributed by atoms with Gasteiger partial charge in [-0.15, -0.1) is 0 Å². The zero-order valence-electron chi connectivity index (χ0n) is 15.6. The number of sulfonamides is 1. The van der Waals surface area contributed by atoms with Crippen molar-refractivity contribution in [2.24, 2.45) is 0 Å². The molecule has 2 heterocycles. The van der Waals surface area contributed by atoms with E-state index in [1.54, 1.807) is 28.6 Å². The van der Waals surface area contributed by atoms with Crippen LogP contribution in [0, 0.1) is 11.3 Å². The number of hydrogen-bond donors (Lipinski definition) is 0. The Hall–Kier alpha value is -2.24. The predicted octanol–water partition coefficient (Wildman–Crippen LogP) is 2.32. The number of hydrogen-bond acceptors (Lipinski definition) is 5. The average Bonchev–Trinajstić information content (AvgIpc) is 3.26. The van der Waals surface area contributed by atoms with Gasteiger partial charge in [-0.25, -0.2) is 8.42 Å². The SMILES string of the molecule is N#Cc1ccc(-c2ccc(S(=O)(=O)N3CCC(N4CCOCC4)C3)cc2)cc1. The highest BCUT2D eigenvalue weighted by atomic mass is 32.2. The van der Waals surface area contributed by atoms with Crippen molar-refractivity contribution in [2.45, 2.75) is 17.4 Å². The molecule has 146 valence electrons. The van der Waals surface area contributed by atoms with Gasteiger partial charge in [-0.1, -0.05) is 24.3 Å². The summed E-state index contributed by atoms with van der Waals surface area (Å²) < 4.78 is 33.1. The van der Waals surface area contributed by atoms with Gasteiger partial charge in [-0.3, -0.25) is 4.90 Å². The summed E-state index contributed by atoms with van der Waals surface area (Å²) in [6.07, 6.45) is 0.864. The van der Waals surface area contributed by atoms with Crippen LogP contribution in [0.25, 0.3) is 11.1 Å². The molecule has 0 spiro atoms. The Morgan fingerprint density at radius 3 is 2.14 bits per heavy atom. The number of nitrogens with zero attached hydrogens (tertiary/aromatic N) is 3. The zero-order chi connectivity index (χ0) is 19.6. The molecule has 0 aliphatic carbocycles. The zero-order valence-corrected chi connectivity index (χ0v) is 16.4. The fraction of sp³-hybridized carbons (Fsp3) is 0.381. The van der Waals surface area contributed by atoms with Crippen molar-refractivity contribution in [3.05, 3.63) is 54.1 Å². The monoisotopic (exact) mass is 397 g/mol. The lowest BCUT2D eigenvalue weighted by Gasteiger charge is -2.32. The van der Waals surface area contributed by atoms with Gasteiger partial charge in [0.2, 0.25) is 10.0 Å². The molecule has 0 aromatic heterocycles. The Morgan fingerprint density at radius 2 is 1.54 bits per heavy atom. The summed E-state index contributed by atoms with van der Waals surface area (Å²) in [5.41, 5.74) is 2.49. The molecule has 2 fully saturated rings. The second kappa shape index (κ2) is 8.02. The Kier molecular flexibility index (Phi) is 5.47. The summed E-state index contributed by atoms with van der Waals surface area (Å²) in [5.74, 6) is 0. The van der Waals surface area contributed by atoms with E-state index in [1.807, 2.05) is 24.3 Å². The summed E-state index contributed by atoms with van der Waals surface area (Å²) in [4.78, 5) is 2.67. The molecule has 0 saturated carbocycles. The van der Waals surface area contributed by atoms with Gasteiger partial charge in [0.05, 0.1) is 29.7 Å². The van der Waals surface area contributed by atoms with Gasteiger partial charge in [-0.05, 0) is 41.8 Å². The summed E-state index contributed by atoms with van der Waals surface area (Å²) in [7, 11) is -3.49. The van der Waals surface area contributed by atoms with Gasteiger partial charge in [0, 0.05) is 32.2 Å². The number of morpholine rings is 1. The van der Waals surface area contributed by atoms with E-state index in [2.05, 4.69) is 11.0 Å². The number of nitriles is 1. The minimum atomic E-state index is -3.49. The quantitative estimate of drug-likeness (QED) is 0.792. The largest absolute Gasteiger partial charge is 0.379 e. The van der Waals surface area contributed by atoms with E-state index < -0.39 is 10.0 Å². The van der Waals surface area contributed by atoms with E-state index in [1.165, 1.54) is 0 Å². The maximum Gasteiger partial charge on any atom is 0.243 e. The third-order valence-corrected chi connectivity index (χ3v) is 7.41. The molecule has 2 saturated heterocycles. The second-order valence-corrected chi connectivity index (χ2v) is 9.11. The fourth-order valence-electron chi connectivity index (χ4n) is 3.88. The van der Waals surface area contributed by atoms with E-state index in [4.69, 9.17) is 10.00 Å². The van der Waals surface area contributed by atoms with Crippen LogP contribution in [0.1, 0.15) is 12.0 Å². The lowest BCUT2D eigenvalue weighted by atomic mass is 10.0. The maximum atomic E-state index is 13.0. The van der Waals surface area contributed by atoms with Crippen molar-refractivity contribution in [1.82, 2.24) is 9.21 Å². The summed E-state index contributed by atoms with van der Waals surface area (Å²) >= 11 is 0. The highest BCUT2D eigenvalue weighted by Crippen LogP contribution is 2.27. The highest BCUT2D eigenvalue weighted by Gasteiger charge is 2.35. The van der Waals surface area contributed by atoms with Gasteiger partial charge < -0.3 is 4.74 Å². The molecule has 1 atom stereocenters. The summed E-state index contributed by atoms with van der Waals surface area (Å²) in [6, 6.07) is 16.6. The molecule has 2 aromatic carbocycles. The standard InChI is InChI=1S/C21H23N3O3S/c22-15-17-1-3-18(4-2-17)19-5-7-21(8-6-19)28(25,26)24-10-9-20(16-24)23-11-13-27-14-12-23/h1-8,20H,9-14,16H2. The molecule has 0 N–H and O–H groups in total. The number of ether oxygens (including phenoxy) is 1. The van der Waals surface area contributed by atoms with Crippen molar-refractivity contribution in [1.29, 1.82) is 5.26 Å². The van der Waals surface area contributed by atoms with E-state index >= 15 is 0 Å². The topological polar surface area (TPSA) is 73.6 Å². The van der Waals surface area contributed by atoms with E-state index in [0.29, 0.717) is 23.5 Å². The second-order valence-electron chi connectivity index (χ2n) is 7.17. The third kappa shape index (κ3) is 3.82. The van der Waals surface area contributed by atoms with Crippen LogP contribution in [0.15, 0.2) is 53.4 Å². The minimum Gasteiger partial charge on any atom is -0.379 e. The highest BCUT2D eigenvalue weighted by molar-refractivity contribution is 7.89. The van der Waals surface area contributed by atoms with Gasteiger partial charge in [0.25, 0.3) is 0 Å². The van der Waals surface area contributed by atoms with Crippen molar-refractivity contribution in [3.63, 3.8) is 0 Å². The normalized spacial score (nSPS) is 21.5. The minimum absolute atomic E-state index is 0.275. The molecular formula is C21H23N3O3S. The lowest BCUT2D eigenvalue weighted by molar-refractivity contribution is 0.0197. The van der Waals surface area contributed by atoms with E-state index in [9.17, 15) is 8.42 Å². The number of benzene rings is 2. The molecule has 2 aliphatic rings. The van der Waals surface area contributed by atoms with Crippen LogP contribution in [0.5, 0.6) is 0 Å². The van der Waals surface area contributed by atoms with Crippen molar-refractivity contribution in [3.8, 4) is 17.2 Å². The molecule has 2 aliphatic heterocycles. The van der Waals surface area contributed by atoms with Crippen LogP contribution in [0.3, 0.4) is 0 Å². The summed E-state index contributed by atoms with van der Waals surface area (Å²) in [6.45, 7) is 4.29. The van der Waals surface area contributed by atoms with Crippen molar-refractivity contribution < 1.29 is 13.2 Å². The lowest BCUT2D eigenvalue weighted by Crippen LogP contribution is -2.45. The predicted molar refractivity (Wildman–Crippen MR) is 106 cm³/mol. The molecule has 28 heavy (non-hydrogen) atoms. The van der Waals surface area contributed by atoms with Crippen LogP contribution in [0.4, 0.5) is 0 Å². The first-order valence-corrected chi connectivity index (χ1v) is 10.9. The van der Waals surface area contributed by atoms with E-state index in [0.717, 1.165) is 43.9 Å². The molecule has 0 bridgehead atoms.